The van der Waals surface area contributed by atoms with Crippen molar-refractivity contribution < 1.29 is 9.18 Å². The van der Waals surface area contributed by atoms with Crippen molar-refractivity contribution in [3.8, 4) is 0 Å². The molecular weight excluding hydrogens is 367 g/mol. The summed E-state index contributed by atoms with van der Waals surface area (Å²) in [7, 11) is 0. The maximum atomic E-state index is 13.6. The fourth-order valence-corrected chi connectivity index (χ4v) is 3.22. The Balaban J connectivity index is 1.29. The monoisotopic (exact) mass is 388 g/mol. The van der Waals surface area contributed by atoms with Crippen LogP contribution in [0.25, 0.3) is 10.9 Å². The summed E-state index contributed by atoms with van der Waals surface area (Å²) in [5.74, 6) is -0.672. The summed E-state index contributed by atoms with van der Waals surface area (Å²) in [5.41, 5.74) is 3.97. The van der Waals surface area contributed by atoms with Crippen LogP contribution in [-0.4, -0.2) is 22.4 Å². The molecule has 1 amide bonds. The molecule has 0 aliphatic rings. The maximum absolute atomic E-state index is 13.6. The number of H-pyrrole nitrogens is 1. The number of carbonyl (C=O) groups is 1. The van der Waals surface area contributed by atoms with Gasteiger partial charge in [-0.25, -0.2) is 9.37 Å². The number of para-hydroxylation sites is 1. The first-order chi connectivity index (χ1) is 14.2. The van der Waals surface area contributed by atoms with Gasteiger partial charge in [-0.3, -0.25) is 4.79 Å². The number of anilines is 1. The van der Waals surface area contributed by atoms with Gasteiger partial charge in [0.25, 0.3) is 5.91 Å². The Kier molecular flexibility index (Phi) is 5.52. The fraction of sp³-hybridized carbons (Fsp3) is 0.130. The molecule has 0 unspecified atom stereocenters. The Morgan fingerprint density at radius 3 is 2.66 bits per heavy atom. The van der Waals surface area contributed by atoms with Crippen molar-refractivity contribution in [3.63, 3.8) is 0 Å². The predicted octanol–water partition coefficient (Wildman–Crippen LogP) is 4.29. The molecule has 2 aromatic carbocycles. The smallest absolute Gasteiger partial charge is 0.270 e. The molecule has 29 heavy (non-hydrogen) atoms. The number of hydrogen-bond acceptors (Lipinski definition) is 3. The van der Waals surface area contributed by atoms with Gasteiger partial charge in [-0.05, 0) is 36.2 Å². The van der Waals surface area contributed by atoms with Crippen molar-refractivity contribution in [2.45, 2.75) is 13.0 Å². The van der Waals surface area contributed by atoms with Crippen molar-refractivity contribution in [2.75, 3.05) is 11.9 Å². The Bertz CT molecular complexity index is 1120. The molecule has 6 heteroatoms. The van der Waals surface area contributed by atoms with Crippen LogP contribution in [0.4, 0.5) is 10.1 Å². The first-order valence-corrected chi connectivity index (χ1v) is 9.47. The number of amides is 1. The Labute approximate surface area is 168 Å². The van der Waals surface area contributed by atoms with E-state index in [0.29, 0.717) is 11.3 Å². The molecule has 0 saturated carbocycles. The van der Waals surface area contributed by atoms with E-state index in [1.807, 2.05) is 24.4 Å². The van der Waals surface area contributed by atoms with E-state index in [0.717, 1.165) is 24.2 Å². The topological polar surface area (TPSA) is 69.8 Å². The standard InChI is InChI=1S/C23H21FN4O/c24-20-7-3-1-5-17(20)14-28-23(29)22-10-9-18(15-27-22)25-12-11-16-13-26-21-8-4-2-6-19(16)21/h1-10,13,15,25-26H,11-12,14H2,(H,28,29). The molecular formula is C23H21FN4O. The minimum absolute atomic E-state index is 0.123. The van der Waals surface area contributed by atoms with Gasteiger partial charge in [0.2, 0.25) is 0 Å². The van der Waals surface area contributed by atoms with Gasteiger partial charge >= 0.3 is 0 Å². The molecule has 0 bridgehead atoms. The Morgan fingerprint density at radius 2 is 1.83 bits per heavy atom. The van der Waals surface area contributed by atoms with E-state index in [1.165, 1.54) is 17.0 Å². The van der Waals surface area contributed by atoms with Crippen molar-refractivity contribution in [2.24, 2.45) is 0 Å². The van der Waals surface area contributed by atoms with E-state index in [2.05, 4.69) is 32.7 Å². The Morgan fingerprint density at radius 1 is 1.00 bits per heavy atom. The van der Waals surface area contributed by atoms with Crippen LogP contribution < -0.4 is 10.6 Å². The summed E-state index contributed by atoms with van der Waals surface area (Å²) in [6.45, 7) is 0.875. The third kappa shape index (κ3) is 4.43. The van der Waals surface area contributed by atoms with Crippen molar-refractivity contribution in [1.29, 1.82) is 0 Å². The highest BCUT2D eigenvalue weighted by atomic mass is 19.1. The average Bonchev–Trinajstić information content (AvgIpc) is 3.17. The Hall–Kier alpha value is -3.67. The summed E-state index contributed by atoms with van der Waals surface area (Å²) >= 11 is 0. The molecule has 5 nitrogen and oxygen atoms in total. The fourth-order valence-electron chi connectivity index (χ4n) is 3.22. The van der Waals surface area contributed by atoms with Crippen LogP contribution in [0.3, 0.4) is 0 Å². The lowest BCUT2D eigenvalue weighted by Crippen LogP contribution is -2.24. The molecule has 4 rings (SSSR count). The zero-order chi connectivity index (χ0) is 20.1. The number of rotatable bonds is 7. The molecule has 0 aliphatic heterocycles. The zero-order valence-electron chi connectivity index (χ0n) is 15.8. The zero-order valence-corrected chi connectivity index (χ0v) is 15.8. The quantitative estimate of drug-likeness (QED) is 0.442. The molecule has 0 aliphatic carbocycles. The van der Waals surface area contributed by atoms with Gasteiger partial charge in [0.15, 0.2) is 0 Å². The summed E-state index contributed by atoms with van der Waals surface area (Å²) < 4.78 is 13.6. The van der Waals surface area contributed by atoms with Crippen molar-refractivity contribution in [1.82, 2.24) is 15.3 Å². The molecule has 0 atom stereocenters. The number of aromatic amines is 1. The number of nitrogens with zero attached hydrogens (tertiary/aromatic N) is 1. The lowest BCUT2D eigenvalue weighted by molar-refractivity contribution is 0.0945. The number of pyridine rings is 1. The van der Waals surface area contributed by atoms with Crippen LogP contribution in [0, 0.1) is 5.82 Å². The van der Waals surface area contributed by atoms with Gasteiger partial charge in [0, 0.05) is 35.8 Å². The molecule has 2 aromatic heterocycles. The first-order valence-electron chi connectivity index (χ1n) is 9.47. The van der Waals surface area contributed by atoms with Crippen LogP contribution >= 0.6 is 0 Å². The molecule has 146 valence electrons. The highest BCUT2D eigenvalue weighted by Crippen LogP contribution is 2.18. The van der Waals surface area contributed by atoms with Crippen LogP contribution in [-0.2, 0) is 13.0 Å². The van der Waals surface area contributed by atoms with E-state index in [1.54, 1.807) is 30.5 Å². The molecule has 0 spiro atoms. The van der Waals surface area contributed by atoms with Crippen LogP contribution in [0.5, 0.6) is 0 Å². The summed E-state index contributed by atoms with van der Waals surface area (Å²) in [6.07, 6.45) is 4.54. The molecule has 0 fully saturated rings. The summed E-state index contributed by atoms with van der Waals surface area (Å²) in [4.78, 5) is 19.7. The number of aromatic nitrogens is 2. The number of carbonyl (C=O) groups excluding carboxylic acids is 1. The molecule has 0 saturated heterocycles. The first kappa shape index (κ1) is 18.7. The van der Waals surface area contributed by atoms with E-state index in [4.69, 9.17) is 0 Å². The van der Waals surface area contributed by atoms with Gasteiger partial charge in [-0.2, -0.15) is 0 Å². The third-order valence-corrected chi connectivity index (χ3v) is 4.79. The maximum Gasteiger partial charge on any atom is 0.270 e. The van der Waals surface area contributed by atoms with E-state index < -0.39 is 0 Å². The largest absolute Gasteiger partial charge is 0.383 e. The number of halogens is 1. The molecule has 3 N–H and O–H groups in total. The lowest BCUT2D eigenvalue weighted by atomic mass is 10.1. The normalized spacial score (nSPS) is 10.8. The van der Waals surface area contributed by atoms with Gasteiger partial charge in [0.1, 0.15) is 11.5 Å². The van der Waals surface area contributed by atoms with Crippen molar-refractivity contribution >= 4 is 22.5 Å². The van der Waals surface area contributed by atoms with Gasteiger partial charge < -0.3 is 15.6 Å². The number of hydrogen-bond donors (Lipinski definition) is 3. The number of benzene rings is 2. The van der Waals surface area contributed by atoms with E-state index in [-0.39, 0.29) is 18.3 Å². The average molecular weight is 388 g/mol. The second-order valence-electron chi connectivity index (χ2n) is 6.74. The number of nitrogens with one attached hydrogen (secondary N) is 3. The summed E-state index contributed by atoms with van der Waals surface area (Å²) in [5, 5.41) is 7.24. The number of fused-ring (bicyclic) bond motifs is 1. The van der Waals surface area contributed by atoms with Crippen molar-refractivity contribution in [3.05, 3.63) is 95.7 Å². The van der Waals surface area contributed by atoms with Gasteiger partial charge in [0.05, 0.1) is 11.9 Å². The minimum Gasteiger partial charge on any atom is -0.383 e. The lowest BCUT2D eigenvalue weighted by Gasteiger charge is -2.08. The second kappa shape index (κ2) is 8.56. The van der Waals surface area contributed by atoms with Gasteiger partial charge in [-0.15, -0.1) is 0 Å². The van der Waals surface area contributed by atoms with Crippen LogP contribution in [0.15, 0.2) is 73.1 Å². The molecule has 0 radical (unpaired) electrons. The summed E-state index contributed by atoms with van der Waals surface area (Å²) in [6, 6.07) is 18.1. The third-order valence-electron chi connectivity index (χ3n) is 4.79. The van der Waals surface area contributed by atoms with Crippen LogP contribution in [0.2, 0.25) is 0 Å². The highest BCUT2D eigenvalue weighted by Gasteiger charge is 2.09. The van der Waals surface area contributed by atoms with Gasteiger partial charge in [-0.1, -0.05) is 36.4 Å². The molecule has 4 aromatic rings. The predicted molar refractivity (Wildman–Crippen MR) is 112 cm³/mol. The SMILES string of the molecule is O=C(NCc1ccccc1F)c1ccc(NCCc2c[nH]c3ccccc23)cn1. The molecule has 2 heterocycles. The van der Waals surface area contributed by atoms with E-state index >= 15 is 0 Å². The van der Waals surface area contributed by atoms with E-state index in [9.17, 15) is 9.18 Å². The van der Waals surface area contributed by atoms with Crippen LogP contribution in [0.1, 0.15) is 21.6 Å². The highest BCUT2D eigenvalue weighted by molar-refractivity contribution is 5.92. The second-order valence-corrected chi connectivity index (χ2v) is 6.74. The minimum atomic E-state index is -0.337.